The van der Waals surface area contributed by atoms with E-state index in [-0.39, 0.29) is 0 Å². The molecule has 2 heteroatoms. The zero-order chi connectivity index (χ0) is 21.2. The summed E-state index contributed by atoms with van der Waals surface area (Å²) < 4.78 is 0. The molecule has 3 rings (SSSR count). The fraction of sp³-hybridized carbons (Fsp3) is 0.778. The molecule has 3 aliphatic rings. The van der Waals surface area contributed by atoms with E-state index in [9.17, 15) is 10.2 Å². The number of allylic oxidation sites excluding steroid dienone is 3. The van der Waals surface area contributed by atoms with Gasteiger partial charge in [-0.2, -0.15) is 0 Å². The van der Waals surface area contributed by atoms with Crippen LogP contribution in [-0.2, 0) is 0 Å². The molecule has 0 bridgehead atoms. The molecule has 3 saturated carbocycles. The second kappa shape index (κ2) is 9.52. The Labute approximate surface area is 179 Å². The molecule has 2 N–H and O–H groups in total. The van der Waals surface area contributed by atoms with Gasteiger partial charge in [-0.3, -0.25) is 0 Å². The summed E-state index contributed by atoms with van der Waals surface area (Å²) in [5.41, 5.74) is 3.88. The van der Waals surface area contributed by atoms with Crippen molar-refractivity contribution in [2.24, 2.45) is 29.1 Å². The van der Waals surface area contributed by atoms with Crippen LogP contribution in [0.2, 0.25) is 0 Å². The maximum absolute atomic E-state index is 10.1. The van der Waals surface area contributed by atoms with Gasteiger partial charge in [-0.05, 0) is 78.8 Å². The Morgan fingerprint density at radius 1 is 1.14 bits per heavy atom. The van der Waals surface area contributed by atoms with Crippen molar-refractivity contribution >= 4 is 0 Å². The monoisotopic (exact) mass is 400 g/mol. The van der Waals surface area contributed by atoms with Crippen molar-refractivity contribution in [3.8, 4) is 0 Å². The van der Waals surface area contributed by atoms with Gasteiger partial charge in [-0.1, -0.05) is 71.3 Å². The Balaban J connectivity index is 1.71. The number of rotatable bonds is 6. The van der Waals surface area contributed by atoms with Crippen molar-refractivity contribution in [2.75, 3.05) is 0 Å². The molecule has 164 valence electrons. The highest BCUT2D eigenvalue weighted by Gasteiger charge is 2.50. The van der Waals surface area contributed by atoms with Crippen LogP contribution in [0.1, 0.15) is 91.9 Å². The standard InChI is InChI=1S/C27H44O2/c1-18(2)8-6-9-19(3)24-13-14-25-21(10-7-15-27(24,25)5)11-12-22-16-23(28)17-26(29)20(22)4/h11-12,18-19,23-26,28-29H,4,6-10,13-17H2,1-3,5H3/b21-11-,22-12-/t19-,23-,24+,25-,26+,27-/m1/s1. The van der Waals surface area contributed by atoms with Gasteiger partial charge in [0.2, 0.25) is 0 Å². The summed E-state index contributed by atoms with van der Waals surface area (Å²) in [6.07, 6.45) is 15.2. The van der Waals surface area contributed by atoms with E-state index in [1.165, 1.54) is 51.4 Å². The molecule has 6 atom stereocenters. The average Bonchev–Trinajstić information content (AvgIpc) is 3.00. The van der Waals surface area contributed by atoms with Crippen LogP contribution in [0.15, 0.2) is 35.5 Å². The van der Waals surface area contributed by atoms with Crippen LogP contribution in [0.3, 0.4) is 0 Å². The van der Waals surface area contributed by atoms with Gasteiger partial charge in [0.05, 0.1) is 12.2 Å². The molecule has 0 aromatic heterocycles. The van der Waals surface area contributed by atoms with E-state index in [2.05, 4.69) is 46.4 Å². The summed E-state index contributed by atoms with van der Waals surface area (Å²) in [4.78, 5) is 0. The van der Waals surface area contributed by atoms with Crippen molar-refractivity contribution in [2.45, 2.75) is 104 Å². The third-order valence-electron chi connectivity index (χ3n) is 8.43. The summed E-state index contributed by atoms with van der Waals surface area (Å²) in [6, 6.07) is 0. The Hall–Kier alpha value is -0.860. The summed E-state index contributed by atoms with van der Waals surface area (Å²) in [5, 5.41) is 20.2. The topological polar surface area (TPSA) is 40.5 Å². The zero-order valence-corrected chi connectivity index (χ0v) is 19.3. The Bertz CT molecular complexity index is 643. The molecule has 0 unspecified atom stereocenters. The highest BCUT2D eigenvalue weighted by molar-refractivity contribution is 5.38. The number of aliphatic hydroxyl groups excluding tert-OH is 2. The van der Waals surface area contributed by atoms with Gasteiger partial charge in [-0.25, -0.2) is 0 Å². The molecule has 3 fully saturated rings. The molecule has 0 amide bonds. The summed E-state index contributed by atoms with van der Waals surface area (Å²) in [7, 11) is 0. The van der Waals surface area contributed by atoms with E-state index in [0.29, 0.717) is 24.2 Å². The van der Waals surface area contributed by atoms with Gasteiger partial charge in [0.15, 0.2) is 0 Å². The van der Waals surface area contributed by atoms with Crippen molar-refractivity contribution < 1.29 is 10.2 Å². The van der Waals surface area contributed by atoms with Crippen molar-refractivity contribution in [1.29, 1.82) is 0 Å². The molecule has 0 heterocycles. The zero-order valence-electron chi connectivity index (χ0n) is 19.3. The lowest BCUT2D eigenvalue weighted by Crippen LogP contribution is -2.36. The van der Waals surface area contributed by atoms with Crippen molar-refractivity contribution in [3.63, 3.8) is 0 Å². The average molecular weight is 401 g/mol. The minimum Gasteiger partial charge on any atom is -0.393 e. The first kappa shape index (κ1) is 22.8. The lowest BCUT2D eigenvalue weighted by Gasteiger charge is -2.44. The van der Waals surface area contributed by atoms with E-state index in [1.54, 1.807) is 5.57 Å². The molecule has 0 aromatic carbocycles. The van der Waals surface area contributed by atoms with Gasteiger partial charge in [-0.15, -0.1) is 0 Å². The van der Waals surface area contributed by atoms with E-state index in [1.807, 2.05) is 0 Å². The van der Waals surface area contributed by atoms with Crippen LogP contribution in [0.5, 0.6) is 0 Å². The van der Waals surface area contributed by atoms with Crippen LogP contribution in [-0.4, -0.2) is 22.4 Å². The van der Waals surface area contributed by atoms with E-state index >= 15 is 0 Å². The molecule has 2 nitrogen and oxygen atoms in total. The molecule has 0 aromatic rings. The largest absolute Gasteiger partial charge is 0.393 e. The molecule has 0 saturated heterocycles. The van der Waals surface area contributed by atoms with Crippen LogP contribution in [0.4, 0.5) is 0 Å². The lowest BCUT2D eigenvalue weighted by atomic mass is 9.60. The van der Waals surface area contributed by atoms with Crippen LogP contribution < -0.4 is 0 Å². The number of aliphatic hydroxyl groups is 2. The minimum absolute atomic E-state index is 0.420. The predicted octanol–water partition coefficient (Wildman–Crippen LogP) is 6.59. The highest BCUT2D eigenvalue weighted by Crippen LogP contribution is 2.59. The van der Waals surface area contributed by atoms with Gasteiger partial charge in [0, 0.05) is 6.42 Å². The van der Waals surface area contributed by atoms with Gasteiger partial charge in [0.25, 0.3) is 0 Å². The third-order valence-corrected chi connectivity index (χ3v) is 8.43. The quantitative estimate of drug-likeness (QED) is 0.528. The third kappa shape index (κ3) is 5.07. The molecule has 0 radical (unpaired) electrons. The smallest absolute Gasteiger partial charge is 0.0811 e. The minimum atomic E-state index is -0.595. The number of fused-ring (bicyclic) bond motifs is 1. The molecule has 0 spiro atoms. The SMILES string of the molecule is C=C1/C(=C\C=C2\CCC[C@@]3(C)[C@@H]2CC[C@H]3[C@H](C)CCCC(C)C)C[C@@H](O)C[C@@H]1O. The van der Waals surface area contributed by atoms with E-state index in [4.69, 9.17) is 0 Å². The Morgan fingerprint density at radius 3 is 2.62 bits per heavy atom. The number of hydrogen-bond donors (Lipinski definition) is 2. The van der Waals surface area contributed by atoms with Gasteiger partial charge >= 0.3 is 0 Å². The highest BCUT2D eigenvalue weighted by atomic mass is 16.3. The molecule has 29 heavy (non-hydrogen) atoms. The Kier molecular flexibility index (Phi) is 7.49. The summed E-state index contributed by atoms with van der Waals surface area (Å²) in [5.74, 6) is 3.20. The van der Waals surface area contributed by atoms with Crippen LogP contribution >= 0.6 is 0 Å². The molecule has 0 aliphatic heterocycles. The van der Waals surface area contributed by atoms with Gasteiger partial charge < -0.3 is 10.2 Å². The van der Waals surface area contributed by atoms with E-state index in [0.717, 1.165) is 28.9 Å². The maximum atomic E-state index is 10.1. The van der Waals surface area contributed by atoms with Crippen LogP contribution in [0.25, 0.3) is 0 Å². The predicted molar refractivity (Wildman–Crippen MR) is 123 cm³/mol. The lowest BCUT2D eigenvalue weighted by molar-refractivity contribution is 0.0861. The first-order chi connectivity index (χ1) is 13.7. The second-order valence-electron chi connectivity index (χ2n) is 11.0. The normalized spacial score (nSPS) is 39.3. The fourth-order valence-corrected chi connectivity index (χ4v) is 6.73. The molecule has 3 aliphatic carbocycles. The van der Waals surface area contributed by atoms with Crippen molar-refractivity contribution in [1.82, 2.24) is 0 Å². The first-order valence-corrected chi connectivity index (χ1v) is 12.2. The molecular formula is C27H44O2. The molecular weight excluding hydrogens is 356 g/mol. The first-order valence-electron chi connectivity index (χ1n) is 12.2. The van der Waals surface area contributed by atoms with E-state index < -0.39 is 12.2 Å². The number of hydrogen-bond acceptors (Lipinski definition) is 2. The summed E-state index contributed by atoms with van der Waals surface area (Å²) in [6.45, 7) is 13.8. The van der Waals surface area contributed by atoms with Crippen molar-refractivity contribution in [3.05, 3.63) is 35.5 Å². The summed E-state index contributed by atoms with van der Waals surface area (Å²) >= 11 is 0. The van der Waals surface area contributed by atoms with Crippen LogP contribution in [0, 0.1) is 29.1 Å². The fourth-order valence-electron chi connectivity index (χ4n) is 6.73. The second-order valence-corrected chi connectivity index (χ2v) is 11.0. The van der Waals surface area contributed by atoms with Gasteiger partial charge in [0.1, 0.15) is 0 Å². The Morgan fingerprint density at radius 2 is 1.90 bits per heavy atom. The maximum Gasteiger partial charge on any atom is 0.0811 e.